The number of hydrogen-bond donors (Lipinski definition) is 2. The normalized spacial score (nSPS) is 18.3. The topological polar surface area (TPSA) is 188 Å². The minimum Gasteiger partial charge on any atom is -0.457 e. The second-order valence-corrected chi connectivity index (χ2v) is 16.8. The van der Waals surface area contributed by atoms with Crippen LogP contribution in [0.25, 0.3) is 33.5 Å². The lowest BCUT2D eigenvalue weighted by atomic mass is 10.0. The molecular weight excluding hydrogens is 833 g/mol. The lowest BCUT2D eigenvalue weighted by Crippen LogP contribution is -2.43. The first kappa shape index (κ1) is 42.1. The Kier molecular flexibility index (Phi) is 11.7. The number of fused-ring (bicyclic) bond motifs is 2. The molecule has 3 aliphatic heterocycles. The molecule has 3 atom stereocenters. The molecular formula is C50H50N12O4. The van der Waals surface area contributed by atoms with E-state index in [9.17, 15) is 9.59 Å². The summed E-state index contributed by atoms with van der Waals surface area (Å²) in [6, 6.07) is 34.4. The summed E-state index contributed by atoms with van der Waals surface area (Å²) in [6.07, 6.45) is 7.35. The Morgan fingerprint density at radius 1 is 0.712 bits per heavy atom. The molecule has 334 valence electrons. The molecule has 3 aliphatic rings. The summed E-state index contributed by atoms with van der Waals surface area (Å²) in [5.41, 5.74) is 18.0. The number of benzene rings is 4. The van der Waals surface area contributed by atoms with E-state index in [1.54, 1.807) is 11.2 Å². The summed E-state index contributed by atoms with van der Waals surface area (Å²) in [5.74, 6) is 3.74. The molecule has 2 saturated heterocycles. The predicted octanol–water partition coefficient (Wildman–Crippen LogP) is 8.06. The summed E-state index contributed by atoms with van der Waals surface area (Å²) >= 11 is 0. The molecule has 4 N–H and O–H groups in total. The van der Waals surface area contributed by atoms with Gasteiger partial charge < -0.3 is 35.6 Å². The number of ether oxygens (including phenoxy) is 2. The third-order valence-electron chi connectivity index (χ3n) is 12.5. The number of para-hydroxylation sites is 2. The number of aliphatic imine (C=N–C) groups is 1. The van der Waals surface area contributed by atoms with Crippen LogP contribution in [0.5, 0.6) is 23.0 Å². The number of aromatic nitrogens is 6. The highest BCUT2D eigenvalue weighted by Crippen LogP contribution is 2.42. The maximum atomic E-state index is 14.1. The van der Waals surface area contributed by atoms with Gasteiger partial charge in [-0.25, -0.2) is 24.3 Å². The molecule has 2 fully saturated rings. The quantitative estimate of drug-likeness (QED) is 0.113. The standard InChI is InChI=1S/C50H50N12O4/c1-2-41(63)58-26-9-11-35(29-58)62-50-44(46(57-62)34-19-23-40(24-20-34)66-38-15-7-4-8-16-38)48(52)60(32-55-50)28-25-42(64)59-27-10-12-36(30-59)61-49-43(47(51)53-31-54-49)45(56-61)33-17-21-39(22-18-33)65-37-13-5-3-6-14-37/h2-8,13-24,31-32,35-36,48H,1,9-12,25-30,52H2,(H2,51,53,54)/t35-,36-,48?/m1/s1. The smallest absolute Gasteiger partial charge is 0.246 e. The van der Waals surface area contributed by atoms with Gasteiger partial charge in [-0.2, -0.15) is 10.2 Å². The molecule has 0 bridgehead atoms. The van der Waals surface area contributed by atoms with E-state index >= 15 is 0 Å². The Hall–Kier alpha value is -7.85. The Labute approximate surface area is 381 Å². The third-order valence-corrected chi connectivity index (χ3v) is 12.5. The van der Waals surface area contributed by atoms with Crippen molar-refractivity contribution in [2.24, 2.45) is 10.7 Å². The van der Waals surface area contributed by atoms with Crippen LogP contribution in [0.2, 0.25) is 0 Å². The van der Waals surface area contributed by atoms with Crippen LogP contribution < -0.4 is 20.9 Å². The molecule has 4 aromatic carbocycles. The predicted molar refractivity (Wildman–Crippen MR) is 252 cm³/mol. The van der Waals surface area contributed by atoms with E-state index in [0.29, 0.717) is 78.3 Å². The van der Waals surface area contributed by atoms with Crippen LogP contribution in [0, 0.1) is 0 Å². The highest BCUT2D eigenvalue weighted by atomic mass is 16.5. The number of anilines is 1. The Morgan fingerprint density at radius 3 is 1.91 bits per heavy atom. The summed E-state index contributed by atoms with van der Waals surface area (Å²) in [7, 11) is 0. The number of nitrogens with zero attached hydrogens (tertiary/aromatic N) is 10. The molecule has 10 rings (SSSR count). The molecule has 16 heteroatoms. The number of hydrogen-bond acceptors (Lipinski definition) is 12. The van der Waals surface area contributed by atoms with E-state index in [-0.39, 0.29) is 30.3 Å². The lowest BCUT2D eigenvalue weighted by molar-refractivity contribution is -0.133. The highest BCUT2D eigenvalue weighted by molar-refractivity contribution is 5.98. The minimum absolute atomic E-state index is 0.00466. The van der Waals surface area contributed by atoms with Gasteiger partial charge in [0.2, 0.25) is 11.8 Å². The Bertz CT molecular complexity index is 2900. The molecule has 6 heterocycles. The second kappa shape index (κ2) is 18.3. The SMILES string of the molecule is C=CC(=O)N1CCC[C@@H](n2nc(-c3ccc(Oc4ccccc4)cc3)c3c2N=CN(CCC(=O)N2CCC[C@@H](n4nc(-c5ccc(Oc6ccccc6)cc5)c5c(N)ncnc54)C2)C3N)C1. The van der Waals surface area contributed by atoms with Crippen LogP contribution in [0.15, 0.2) is 133 Å². The van der Waals surface area contributed by atoms with Crippen molar-refractivity contribution in [3.63, 3.8) is 0 Å². The van der Waals surface area contributed by atoms with Gasteiger partial charge in [0.15, 0.2) is 11.5 Å². The first-order valence-electron chi connectivity index (χ1n) is 22.3. The molecule has 0 radical (unpaired) electrons. The van der Waals surface area contributed by atoms with Gasteiger partial charge in [-0.3, -0.25) is 9.59 Å². The minimum atomic E-state index is -0.643. The zero-order chi connectivity index (χ0) is 45.1. The fourth-order valence-electron chi connectivity index (χ4n) is 9.18. The van der Waals surface area contributed by atoms with Gasteiger partial charge in [0, 0.05) is 50.3 Å². The van der Waals surface area contributed by atoms with Crippen LogP contribution in [-0.2, 0) is 9.59 Å². The number of nitrogens with two attached hydrogens (primary N) is 2. The van der Waals surface area contributed by atoms with Crippen molar-refractivity contribution >= 4 is 40.8 Å². The highest BCUT2D eigenvalue weighted by Gasteiger charge is 2.35. The molecule has 16 nitrogen and oxygen atoms in total. The number of nitrogen functional groups attached to an aromatic ring is 1. The van der Waals surface area contributed by atoms with E-state index < -0.39 is 6.17 Å². The van der Waals surface area contributed by atoms with Gasteiger partial charge in [-0.15, -0.1) is 0 Å². The molecule has 7 aromatic rings. The van der Waals surface area contributed by atoms with Gasteiger partial charge in [0.05, 0.1) is 29.4 Å². The number of amides is 2. The van der Waals surface area contributed by atoms with E-state index in [1.807, 2.05) is 128 Å². The zero-order valence-corrected chi connectivity index (χ0v) is 36.4. The van der Waals surface area contributed by atoms with Crippen LogP contribution in [-0.4, -0.2) is 95.1 Å². The van der Waals surface area contributed by atoms with Crippen molar-refractivity contribution < 1.29 is 19.1 Å². The molecule has 66 heavy (non-hydrogen) atoms. The summed E-state index contributed by atoms with van der Waals surface area (Å²) in [5, 5.41) is 10.9. The second-order valence-electron chi connectivity index (χ2n) is 16.8. The first-order valence-corrected chi connectivity index (χ1v) is 22.3. The molecule has 0 aliphatic carbocycles. The number of carbonyl (C=O) groups is 2. The van der Waals surface area contributed by atoms with Crippen LogP contribution in [0.4, 0.5) is 11.6 Å². The van der Waals surface area contributed by atoms with Gasteiger partial charge in [0.1, 0.15) is 52.7 Å². The zero-order valence-electron chi connectivity index (χ0n) is 36.4. The molecule has 1 unspecified atom stereocenters. The van der Waals surface area contributed by atoms with Crippen molar-refractivity contribution in [1.29, 1.82) is 0 Å². The molecule has 2 amide bonds. The third kappa shape index (κ3) is 8.45. The molecule has 0 spiro atoms. The largest absolute Gasteiger partial charge is 0.457 e. The van der Waals surface area contributed by atoms with Crippen molar-refractivity contribution in [1.82, 2.24) is 44.2 Å². The van der Waals surface area contributed by atoms with Crippen LogP contribution in [0.3, 0.4) is 0 Å². The fourth-order valence-corrected chi connectivity index (χ4v) is 9.18. The van der Waals surface area contributed by atoms with Crippen LogP contribution >= 0.6 is 0 Å². The average Bonchev–Trinajstić information content (AvgIpc) is 3.96. The van der Waals surface area contributed by atoms with Crippen molar-refractivity contribution in [3.8, 4) is 45.5 Å². The van der Waals surface area contributed by atoms with Gasteiger partial charge in [0.25, 0.3) is 0 Å². The summed E-state index contributed by atoms with van der Waals surface area (Å²) in [4.78, 5) is 46.3. The van der Waals surface area contributed by atoms with Crippen molar-refractivity contribution in [2.45, 2.75) is 50.4 Å². The maximum Gasteiger partial charge on any atom is 0.246 e. The first-order chi connectivity index (χ1) is 32.3. The van der Waals surface area contributed by atoms with Crippen LogP contribution in [0.1, 0.15) is 55.9 Å². The Balaban J connectivity index is 0.861. The van der Waals surface area contributed by atoms with E-state index in [1.165, 1.54) is 12.4 Å². The van der Waals surface area contributed by atoms with Gasteiger partial charge in [-0.1, -0.05) is 43.0 Å². The van der Waals surface area contributed by atoms with Crippen molar-refractivity contribution in [3.05, 3.63) is 134 Å². The number of likely N-dealkylation sites (tertiary alicyclic amines) is 2. The number of carbonyl (C=O) groups excluding carboxylic acids is 2. The van der Waals surface area contributed by atoms with E-state index in [0.717, 1.165) is 53.9 Å². The Morgan fingerprint density at radius 2 is 1.27 bits per heavy atom. The van der Waals surface area contributed by atoms with E-state index in [2.05, 4.69) is 16.5 Å². The fraction of sp³-hybridized carbons (Fsp3) is 0.260. The van der Waals surface area contributed by atoms with Crippen molar-refractivity contribution in [2.75, 3.05) is 38.5 Å². The number of rotatable bonds is 12. The summed E-state index contributed by atoms with van der Waals surface area (Å²) < 4.78 is 15.9. The summed E-state index contributed by atoms with van der Waals surface area (Å²) in [6.45, 7) is 6.26. The molecule has 3 aromatic heterocycles. The number of piperidine rings is 2. The molecule has 0 saturated carbocycles. The van der Waals surface area contributed by atoms with E-state index in [4.69, 9.17) is 36.1 Å². The monoisotopic (exact) mass is 882 g/mol. The lowest BCUT2D eigenvalue weighted by Gasteiger charge is -2.35. The average molecular weight is 883 g/mol. The van der Waals surface area contributed by atoms with Gasteiger partial charge in [-0.05, 0) is 105 Å². The maximum absolute atomic E-state index is 14.1. The van der Waals surface area contributed by atoms with Gasteiger partial charge >= 0.3 is 0 Å².